The summed E-state index contributed by atoms with van der Waals surface area (Å²) in [5.74, 6) is 3.79. The maximum Gasteiger partial charge on any atom is 0.636 e. The molecule has 0 aromatic heterocycles. The Morgan fingerprint density at radius 2 is 0.800 bits per heavy atom. The van der Waals surface area contributed by atoms with Gasteiger partial charge in [0.25, 0.3) is 0 Å². The average Bonchev–Trinajstić information content (AvgIpc) is 2.92. The molecule has 0 bridgehead atoms. The fraction of sp³-hybridized carbons (Fsp3) is 0. The highest BCUT2D eigenvalue weighted by atomic mass is 16.6. The van der Waals surface area contributed by atoms with E-state index in [1.165, 1.54) is 0 Å². The average molecular weight is 458 g/mol. The number of para-hydroxylation sites is 5. The molecule has 0 spiro atoms. The molecule has 0 radical (unpaired) electrons. The van der Waals surface area contributed by atoms with Gasteiger partial charge >= 0.3 is 7.12 Å². The van der Waals surface area contributed by atoms with Crippen molar-refractivity contribution in [1.29, 1.82) is 0 Å². The van der Waals surface area contributed by atoms with E-state index in [-0.39, 0.29) is 0 Å². The van der Waals surface area contributed by atoms with Crippen LogP contribution in [0.15, 0.2) is 140 Å². The quantitative estimate of drug-likeness (QED) is 0.220. The zero-order valence-electron chi connectivity index (χ0n) is 19.0. The summed E-state index contributed by atoms with van der Waals surface area (Å²) < 4.78 is 25.3. The van der Waals surface area contributed by atoms with Gasteiger partial charge in [0.15, 0.2) is 11.5 Å². The Kier molecular flexibility index (Phi) is 6.96. The lowest BCUT2D eigenvalue weighted by molar-refractivity contribution is 0.412. The molecule has 0 heterocycles. The molecule has 0 saturated carbocycles. The normalized spacial score (nSPS) is 10.3. The maximum atomic E-state index is 6.38. The van der Waals surface area contributed by atoms with Crippen LogP contribution in [0.4, 0.5) is 0 Å². The lowest BCUT2D eigenvalue weighted by Gasteiger charge is -2.21. The summed E-state index contributed by atoms with van der Waals surface area (Å²) in [4.78, 5) is 0. The van der Waals surface area contributed by atoms with E-state index in [0.29, 0.717) is 40.0 Å². The first-order chi connectivity index (χ1) is 17.3. The second-order valence-electron chi connectivity index (χ2n) is 7.70. The molecule has 4 nitrogen and oxygen atoms in total. The van der Waals surface area contributed by atoms with Crippen LogP contribution >= 0.6 is 0 Å². The molecule has 0 aliphatic carbocycles. The lowest BCUT2D eigenvalue weighted by atomic mass is 9.77. The van der Waals surface area contributed by atoms with Crippen LogP contribution in [0.1, 0.15) is 0 Å². The van der Waals surface area contributed by atoms with Crippen LogP contribution in [0.25, 0.3) is 0 Å². The molecule has 0 saturated heterocycles. The van der Waals surface area contributed by atoms with Crippen LogP contribution in [0.2, 0.25) is 0 Å². The summed E-state index contributed by atoms with van der Waals surface area (Å²) in [5, 5.41) is 0. The van der Waals surface area contributed by atoms with E-state index in [2.05, 4.69) is 0 Å². The number of hydrogen-bond donors (Lipinski definition) is 0. The first-order valence-electron chi connectivity index (χ1n) is 11.4. The van der Waals surface area contributed by atoms with Crippen LogP contribution in [-0.4, -0.2) is 7.12 Å². The number of hydrogen-bond acceptors (Lipinski definition) is 4. The predicted octanol–water partition coefficient (Wildman–Crippen LogP) is 7.12. The Morgan fingerprint density at radius 3 is 1.29 bits per heavy atom. The Hall–Kier alpha value is -4.64. The number of benzene rings is 5. The van der Waals surface area contributed by atoms with Gasteiger partial charge in [0.1, 0.15) is 23.0 Å². The molecule has 5 aromatic carbocycles. The molecule has 0 fully saturated rings. The molecule has 0 unspecified atom stereocenters. The number of ether oxygens (including phenoxy) is 2. The molecule has 5 rings (SSSR count). The van der Waals surface area contributed by atoms with Crippen LogP contribution in [0, 0.1) is 0 Å². The molecule has 35 heavy (non-hydrogen) atoms. The van der Waals surface area contributed by atoms with Crippen LogP contribution < -0.4 is 24.2 Å². The Morgan fingerprint density at radius 1 is 0.371 bits per heavy atom. The van der Waals surface area contributed by atoms with Crippen molar-refractivity contribution in [1.82, 2.24) is 0 Å². The Labute approximate surface area is 205 Å². The SMILES string of the molecule is c1ccc(OB(Oc2ccccc2)c2cccc(Oc3ccccc3)c2Oc2ccccc2)cc1. The molecule has 0 N–H and O–H groups in total. The summed E-state index contributed by atoms with van der Waals surface area (Å²) >= 11 is 0. The van der Waals surface area contributed by atoms with E-state index in [1.54, 1.807) is 0 Å². The molecule has 0 aliphatic heterocycles. The van der Waals surface area contributed by atoms with Crippen molar-refractivity contribution in [3.8, 4) is 34.5 Å². The van der Waals surface area contributed by atoms with E-state index in [4.69, 9.17) is 18.8 Å². The summed E-state index contributed by atoms with van der Waals surface area (Å²) in [6.07, 6.45) is 0. The van der Waals surface area contributed by atoms with Crippen LogP contribution in [0.5, 0.6) is 34.5 Å². The minimum Gasteiger partial charge on any atom is -0.522 e. The van der Waals surface area contributed by atoms with Gasteiger partial charge in [-0.05, 0) is 54.6 Å². The molecular formula is C30H23BO4. The van der Waals surface area contributed by atoms with E-state index in [1.807, 2.05) is 140 Å². The van der Waals surface area contributed by atoms with Crippen molar-refractivity contribution < 1.29 is 18.8 Å². The predicted molar refractivity (Wildman–Crippen MR) is 139 cm³/mol. The van der Waals surface area contributed by atoms with Gasteiger partial charge in [-0.1, -0.05) is 84.9 Å². The second-order valence-corrected chi connectivity index (χ2v) is 7.70. The summed E-state index contributed by atoms with van der Waals surface area (Å²) in [6, 6.07) is 44.0. The largest absolute Gasteiger partial charge is 0.636 e. The third-order valence-electron chi connectivity index (χ3n) is 5.17. The monoisotopic (exact) mass is 458 g/mol. The molecule has 0 aliphatic rings. The lowest BCUT2D eigenvalue weighted by Crippen LogP contribution is -2.43. The van der Waals surface area contributed by atoms with Gasteiger partial charge in [-0.15, -0.1) is 0 Å². The smallest absolute Gasteiger partial charge is 0.522 e. The van der Waals surface area contributed by atoms with Gasteiger partial charge in [-0.2, -0.15) is 0 Å². The minimum atomic E-state index is -0.794. The van der Waals surface area contributed by atoms with Crippen LogP contribution in [0.3, 0.4) is 0 Å². The van der Waals surface area contributed by atoms with Crippen molar-refractivity contribution in [2.75, 3.05) is 0 Å². The minimum absolute atomic E-state index is 0.513. The molecule has 5 heteroatoms. The highest BCUT2D eigenvalue weighted by Crippen LogP contribution is 2.34. The highest BCUT2D eigenvalue weighted by molar-refractivity contribution is 6.64. The van der Waals surface area contributed by atoms with E-state index in [9.17, 15) is 0 Å². The van der Waals surface area contributed by atoms with E-state index >= 15 is 0 Å². The van der Waals surface area contributed by atoms with E-state index in [0.717, 1.165) is 0 Å². The van der Waals surface area contributed by atoms with Gasteiger partial charge in [0.2, 0.25) is 0 Å². The van der Waals surface area contributed by atoms with Crippen molar-refractivity contribution in [2.24, 2.45) is 0 Å². The van der Waals surface area contributed by atoms with Gasteiger partial charge in [0.05, 0.1) is 5.46 Å². The van der Waals surface area contributed by atoms with Crippen molar-refractivity contribution in [2.45, 2.75) is 0 Å². The third-order valence-corrected chi connectivity index (χ3v) is 5.17. The molecular weight excluding hydrogens is 435 g/mol. The summed E-state index contributed by atoms with van der Waals surface area (Å²) in [7, 11) is -0.794. The summed E-state index contributed by atoms with van der Waals surface area (Å²) in [6.45, 7) is 0. The van der Waals surface area contributed by atoms with Gasteiger partial charge < -0.3 is 18.8 Å². The topological polar surface area (TPSA) is 36.9 Å². The first kappa shape index (κ1) is 22.2. The molecule has 5 aromatic rings. The third kappa shape index (κ3) is 5.84. The highest BCUT2D eigenvalue weighted by Gasteiger charge is 2.32. The van der Waals surface area contributed by atoms with Gasteiger partial charge in [0, 0.05) is 0 Å². The fourth-order valence-corrected chi connectivity index (χ4v) is 3.53. The Balaban J connectivity index is 1.58. The fourth-order valence-electron chi connectivity index (χ4n) is 3.53. The van der Waals surface area contributed by atoms with Crippen molar-refractivity contribution in [3.63, 3.8) is 0 Å². The van der Waals surface area contributed by atoms with Crippen molar-refractivity contribution in [3.05, 3.63) is 140 Å². The second kappa shape index (κ2) is 11.0. The Bertz CT molecular complexity index is 1290. The van der Waals surface area contributed by atoms with Gasteiger partial charge in [-0.3, -0.25) is 0 Å². The molecule has 0 atom stereocenters. The van der Waals surface area contributed by atoms with Gasteiger partial charge in [-0.25, -0.2) is 0 Å². The zero-order valence-corrected chi connectivity index (χ0v) is 19.0. The number of rotatable bonds is 9. The first-order valence-corrected chi connectivity index (χ1v) is 11.4. The van der Waals surface area contributed by atoms with E-state index < -0.39 is 7.12 Å². The molecule has 0 amide bonds. The summed E-state index contributed by atoms with van der Waals surface area (Å²) in [5.41, 5.74) is 0.690. The van der Waals surface area contributed by atoms with Crippen molar-refractivity contribution >= 4 is 12.6 Å². The maximum absolute atomic E-state index is 6.38. The molecule has 170 valence electrons. The standard InChI is InChI=1S/C30H23BO4/c1-5-14-24(15-6-1)32-29-23-13-22-28(30(29)33-25-16-7-2-8-17-25)31(34-26-18-9-3-10-19-26)35-27-20-11-4-12-21-27/h1-23H. The zero-order chi connectivity index (χ0) is 23.7. The van der Waals surface area contributed by atoms with Crippen LogP contribution in [-0.2, 0) is 0 Å².